The van der Waals surface area contributed by atoms with Gasteiger partial charge >= 0.3 is 0 Å². The van der Waals surface area contributed by atoms with Crippen molar-refractivity contribution in [1.82, 2.24) is 29.9 Å². The summed E-state index contributed by atoms with van der Waals surface area (Å²) in [5.74, 6) is 0.908. The third kappa shape index (κ3) is 4.78. The first-order valence-corrected chi connectivity index (χ1v) is 13.6. The van der Waals surface area contributed by atoms with Gasteiger partial charge < -0.3 is 4.90 Å². The molecule has 37 heavy (non-hydrogen) atoms. The summed E-state index contributed by atoms with van der Waals surface area (Å²) in [4.78, 5) is 22.0. The highest BCUT2D eigenvalue weighted by molar-refractivity contribution is 5.94. The van der Waals surface area contributed by atoms with E-state index in [1.165, 1.54) is 47.1 Å². The van der Waals surface area contributed by atoms with Crippen LogP contribution in [-0.4, -0.2) is 67.9 Å². The molecule has 6 rings (SSSR count). The van der Waals surface area contributed by atoms with Crippen LogP contribution in [0, 0.1) is 6.92 Å². The number of aryl methyl sites for hydroxylation is 2. The molecule has 1 atom stereocenters. The fourth-order valence-electron chi connectivity index (χ4n) is 5.70. The second-order valence-electron chi connectivity index (χ2n) is 10.5. The quantitative estimate of drug-likeness (QED) is 0.364. The van der Waals surface area contributed by atoms with Crippen molar-refractivity contribution in [1.29, 1.82) is 0 Å². The van der Waals surface area contributed by atoms with E-state index < -0.39 is 0 Å². The lowest BCUT2D eigenvalue weighted by atomic mass is 9.93. The van der Waals surface area contributed by atoms with Gasteiger partial charge in [-0.1, -0.05) is 37.3 Å². The molecule has 0 amide bonds. The van der Waals surface area contributed by atoms with Crippen molar-refractivity contribution in [2.75, 3.05) is 31.1 Å². The molecule has 4 aromatic rings. The molecule has 192 valence electrons. The molecule has 1 saturated heterocycles. The maximum absolute atomic E-state index is 13.0. The fourth-order valence-corrected chi connectivity index (χ4v) is 5.70. The van der Waals surface area contributed by atoms with Crippen molar-refractivity contribution < 1.29 is 4.79 Å². The van der Waals surface area contributed by atoms with Gasteiger partial charge in [0.15, 0.2) is 0 Å². The summed E-state index contributed by atoms with van der Waals surface area (Å²) in [7, 11) is 0. The van der Waals surface area contributed by atoms with Gasteiger partial charge in [-0.25, -0.2) is 4.98 Å². The molecule has 3 heterocycles. The van der Waals surface area contributed by atoms with Crippen LogP contribution in [0.5, 0.6) is 0 Å². The topological polar surface area (TPSA) is 82.9 Å². The van der Waals surface area contributed by atoms with Gasteiger partial charge in [0.2, 0.25) is 11.6 Å². The lowest BCUT2D eigenvalue weighted by Gasteiger charge is -2.42. The van der Waals surface area contributed by atoms with Crippen molar-refractivity contribution in [2.24, 2.45) is 0 Å². The van der Waals surface area contributed by atoms with Gasteiger partial charge in [0.25, 0.3) is 0 Å². The van der Waals surface area contributed by atoms with Crippen molar-refractivity contribution in [3.8, 4) is 0 Å². The molecule has 0 spiro atoms. The molecular weight excluding hydrogens is 462 g/mol. The van der Waals surface area contributed by atoms with Crippen LogP contribution in [0.2, 0.25) is 0 Å². The number of carbonyl (C=O) groups is 1. The van der Waals surface area contributed by atoms with Gasteiger partial charge in [-0.15, -0.1) is 0 Å². The summed E-state index contributed by atoms with van der Waals surface area (Å²) in [5, 5.41) is 13.2. The zero-order valence-corrected chi connectivity index (χ0v) is 21.7. The van der Waals surface area contributed by atoms with Crippen LogP contribution >= 0.6 is 0 Å². The molecule has 8 heteroatoms. The normalized spacial score (nSPS) is 18.9. The Hall–Kier alpha value is -3.52. The number of piperazine rings is 1. The molecule has 2 fully saturated rings. The number of carbonyl (C=O) groups excluding carboxylic acids is 1. The highest BCUT2D eigenvalue weighted by Gasteiger charge is 2.31. The van der Waals surface area contributed by atoms with Crippen LogP contribution < -0.4 is 4.90 Å². The van der Waals surface area contributed by atoms with E-state index in [9.17, 15) is 4.79 Å². The lowest BCUT2D eigenvalue weighted by molar-refractivity contribution is 0.0865. The van der Waals surface area contributed by atoms with Gasteiger partial charge in [0.1, 0.15) is 5.82 Å². The summed E-state index contributed by atoms with van der Waals surface area (Å²) < 4.78 is 2.29. The van der Waals surface area contributed by atoms with Crippen molar-refractivity contribution >= 4 is 22.4 Å². The summed E-state index contributed by atoms with van der Waals surface area (Å²) in [6, 6.07) is 18.2. The molecule has 1 N–H and O–H groups in total. The molecule has 0 unspecified atom stereocenters. The third-order valence-corrected chi connectivity index (χ3v) is 8.00. The van der Waals surface area contributed by atoms with E-state index in [1.807, 2.05) is 6.92 Å². The van der Waals surface area contributed by atoms with E-state index in [0.717, 1.165) is 32.5 Å². The summed E-state index contributed by atoms with van der Waals surface area (Å²) >= 11 is 0. The summed E-state index contributed by atoms with van der Waals surface area (Å²) in [5.41, 5.74) is 4.98. The highest BCUT2D eigenvalue weighted by atomic mass is 16.1. The number of rotatable bonds is 8. The van der Waals surface area contributed by atoms with E-state index in [4.69, 9.17) is 5.10 Å². The Balaban J connectivity index is 1.26. The Morgan fingerprint density at radius 3 is 2.65 bits per heavy atom. The Labute approximate surface area is 217 Å². The first-order chi connectivity index (χ1) is 18.1. The zero-order chi connectivity index (χ0) is 25.4. The van der Waals surface area contributed by atoms with Crippen LogP contribution in [0.15, 0.2) is 48.5 Å². The van der Waals surface area contributed by atoms with Crippen LogP contribution in [0.3, 0.4) is 0 Å². The molecular formula is C29H35N7O. The molecule has 2 aromatic carbocycles. The Morgan fingerprint density at radius 1 is 1.11 bits per heavy atom. The van der Waals surface area contributed by atoms with E-state index in [1.54, 1.807) is 0 Å². The predicted octanol–water partition coefficient (Wildman–Crippen LogP) is 4.37. The van der Waals surface area contributed by atoms with Gasteiger partial charge in [0, 0.05) is 36.7 Å². The number of hydrogen-bond acceptors (Lipinski definition) is 6. The maximum atomic E-state index is 13.0. The summed E-state index contributed by atoms with van der Waals surface area (Å²) in [6.07, 6.45) is 5.58. The molecule has 1 aliphatic heterocycles. The SMILES string of the molecule is CCc1nn(C2CCC2)c2cc(N3CCN(CC(=O)c4n[nH]c(C)n4)[C@@H](Cc4ccccc4)C3)ccc12. The number of aromatic nitrogens is 5. The minimum absolute atomic E-state index is 0.0335. The number of aromatic amines is 1. The second-order valence-corrected chi connectivity index (χ2v) is 10.5. The predicted molar refractivity (Wildman–Crippen MR) is 145 cm³/mol. The first kappa shape index (κ1) is 23.9. The molecule has 0 bridgehead atoms. The molecule has 2 aliphatic rings. The van der Waals surface area contributed by atoms with Crippen molar-refractivity contribution in [3.05, 3.63) is 71.4 Å². The Morgan fingerprint density at radius 2 is 1.95 bits per heavy atom. The number of nitrogens with one attached hydrogen (secondary N) is 1. The minimum atomic E-state index is -0.0335. The van der Waals surface area contributed by atoms with Crippen LogP contribution in [0.1, 0.15) is 59.9 Å². The van der Waals surface area contributed by atoms with E-state index in [2.05, 4.69) is 85.1 Å². The largest absolute Gasteiger partial charge is 0.369 e. The molecule has 2 aromatic heterocycles. The fraction of sp³-hybridized carbons (Fsp3) is 0.448. The highest BCUT2D eigenvalue weighted by Crippen LogP contribution is 2.36. The Bertz CT molecular complexity index is 1390. The van der Waals surface area contributed by atoms with E-state index in [-0.39, 0.29) is 17.6 Å². The number of anilines is 1. The minimum Gasteiger partial charge on any atom is -0.369 e. The number of benzene rings is 2. The smallest absolute Gasteiger partial charge is 0.218 e. The second kappa shape index (κ2) is 10.1. The zero-order valence-electron chi connectivity index (χ0n) is 21.7. The maximum Gasteiger partial charge on any atom is 0.218 e. The number of hydrogen-bond donors (Lipinski definition) is 1. The number of nitrogens with zero attached hydrogens (tertiary/aromatic N) is 6. The monoisotopic (exact) mass is 497 g/mol. The average molecular weight is 498 g/mol. The van der Waals surface area contributed by atoms with Gasteiger partial charge in [0.05, 0.1) is 23.8 Å². The van der Waals surface area contributed by atoms with Crippen LogP contribution in [-0.2, 0) is 12.8 Å². The van der Waals surface area contributed by atoms with Crippen molar-refractivity contribution in [2.45, 2.75) is 58.0 Å². The van der Waals surface area contributed by atoms with Gasteiger partial charge in [-0.3, -0.25) is 19.5 Å². The van der Waals surface area contributed by atoms with Gasteiger partial charge in [-0.05, 0) is 62.8 Å². The number of Topliss-reactive ketones (excluding diaryl/α,β-unsaturated/α-hetero) is 1. The van der Waals surface area contributed by atoms with E-state index in [0.29, 0.717) is 18.4 Å². The van der Waals surface area contributed by atoms with Crippen LogP contribution in [0.4, 0.5) is 5.69 Å². The van der Waals surface area contributed by atoms with Crippen molar-refractivity contribution in [3.63, 3.8) is 0 Å². The third-order valence-electron chi connectivity index (χ3n) is 8.00. The first-order valence-electron chi connectivity index (χ1n) is 13.6. The number of ketones is 1. The van der Waals surface area contributed by atoms with E-state index >= 15 is 0 Å². The number of H-pyrrole nitrogens is 1. The van der Waals surface area contributed by atoms with Crippen LogP contribution in [0.25, 0.3) is 10.9 Å². The lowest BCUT2D eigenvalue weighted by Crippen LogP contribution is -2.55. The standard InChI is InChI=1S/C29H35N7O/c1-3-26-25-13-12-23(17-27(25)36(33-26)22-10-7-11-22)34-14-15-35(19-28(37)29-30-20(2)31-32-29)24(18-34)16-21-8-5-4-6-9-21/h4-6,8-9,12-13,17,22,24H,3,7,10-11,14-16,18-19H2,1-2H3,(H,30,31,32)/t24-/m0/s1. The average Bonchev–Trinajstić information content (AvgIpc) is 3.48. The molecule has 0 radical (unpaired) electrons. The Kier molecular flexibility index (Phi) is 6.50. The number of fused-ring (bicyclic) bond motifs is 1. The summed E-state index contributed by atoms with van der Waals surface area (Å²) in [6.45, 7) is 6.88. The molecule has 1 saturated carbocycles. The molecule has 1 aliphatic carbocycles. The van der Waals surface area contributed by atoms with Gasteiger partial charge in [-0.2, -0.15) is 10.2 Å². The molecule has 8 nitrogen and oxygen atoms in total.